The van der Waals surface area contributed by atoms with Crippen LogP contribution in [-0.4, -0.2) is 12.5 Å². The van der Waals surface area contributed by atoms with Crippen LogP contribution >= 0.6 is 0 Å². The minimum atomic E-state index is -0.0212. The molecule has 1 N–H and O–H groups in total. The number of allylic oxidation sites excluding steroid dienone is 1. The van der Waals surface area contributed by atoms with Crippen LogP contribution in [0.25, 0.3) is 0 Å². The standard InChI is InChI=1S/C11H15NO/c1-3-4-7-12-11(13)8-9(2)10-5-6-10/h8,10H,5-7H2,1-2H3,(H,12,13)/b9-8-. The Balaban J connectivity index is 2.29. The summed E-state index contributed by atoms with van der Waals surface area (Å²) in [5.74, 6) is 6.16. The fourth-order valence-corrected chi connectivity index (χ4v) is 1.13. The van der Waals surface area contributed by atoms with E-state index in [0.29, 0.717) is 12.5 Å². The van der Waals surface area contributed by atoms with Crippen LogP contribution in [-0.2, 0) is 4.79 Å². The summed E-state index contributed by atoms with van der Waals surface area (Å²) in [7, 11) is 0. The van der Waals surface area contributed by atoms with E-state index in [0.717, 1.165) is 0 Å². The summed E-state index contributed by atoms with van der Waals surface area (Å²) in [5.41, 5.74) is 1.20. The van der Waals surface area contributed by atoms with Crippen molar-refractivity contribution in [2.45, 2.75) is 26.7 Å². The van der Waals surface area contributed by atoms with Gasteiger partial charge in [-0.2, -0.15) is 0 Å². The van der Waals surface area contributed by atoms with Gasteiger partial charge in [-0.1, -0.05) is 11.5 Å². The topological polar surface area (TPSA) is 29.1 Å². The van der Waals surface area contributed by atoms with E-state index in [1.165, 1.54) is 18.4 Å². The molecule has 1 aliphatic rings. The molecule has 1 aliphatic carbocycles. The van der Waals surface area contributed by atoms with E-state index in [1.807, 2.05) is 6.92 Å². The molecule has 2 nitrogen and oxygen atoms in total. The monoisotopic (exact) mass is 177 g/mol. The van der Waals surface area contributed by atoms with Crippen molar-refractivity contribution in [1.29, 1.82) is 0 Å². The number of rotatable bonds is 3. The maximum absolute atomic E-state index is 11.2. The average Bonchev–Trinajstić information content (AvgIpc) is 2.86. The van der Waals surface area contributed by atoms with Crippen LogP contribution in [0.4, 0.5) is 0 Å². The summed E-state index contributed by atoms with van der Waals surface area (Å²) < 4.78 is 0. The maximum Gasteiger partial charge on any atom is 0.244 e. The highest BCUT2D eigenvalue weighted by Crippen LogP contribution is 2.35. The lowest BCUT2D eigenvalue weighted by molar-refractivity contribution is -0.116. The first-order chi connectivity index (χ1) is 6.24. The first-order valence-corrected chi connectivity index (χ1v) is 4.59. The molecule has 0 aromatic rings. The molecule has 70 valence electrons. The predicted octanol–water partition coefficient (Wildman–Crippen LogP) is 1.48. The summed E-state index contributed by atoms with van der Waals surface area (Å²) >= 11 is 0. The second-order valence-electron chi connectivity index (χ2n) is 3.31. The molecule has 13 heavy (non-hydrogen) atoms. The van der Waals surface area contributed by atoms with Gasteiger partial charge in [0.05, 0.1) is 6.54 Å². The Morgan fingerprint density at radius 1 is 1.62 bits per heavy atom. The molecule has 0 unspecified atom stereocenters. The highest BCUT2D eigenvalue weighted by molar-refractivity contribution is 5.88. The van der Waals surface area contributed by atoms with E-state index in [1.54, 1.807) is 13.0 Å². The van der Waals surface area contributed by atoms with Crippen molar-refractivity contribution in [3.8, 4) is 11.8 Å². The van der Waals surface area contributed by atoms with Gasteiger partial charge in [-0.25, -0.2) is 0 Å². The fourth-order valence-electron chi connectivity index (χ4n) is 1.13. The van der Waals surface area contributed by atoms with Gasteiger partial charge in [0.1, 0.15) is 0 Å². The first-order valence-electron chi connectivity index (χ1n) is 4.59. The summed E-state index contributed by atoms with van der Waals surface area (Å²) in [6, 6.07) is 0. The summed E-state index contributed by atoms with van der Waals surface area (Å²) in [4.78, 5) is 11.2. The number of hydrogen-bond acceptors (Lipinski definition) is 1. The van der Waals surface area contributed by atoms with Crippen molar-refractivity contribution < 1.29 is 4.79 Å². The highest BCUT2D eigenvalue weighted by Gasteiger charge is 2.23. The molecule has 0 aliphatic heterocycles. The highest BCUT2D eigenvalue weighted by atomic mass is 16.1. The number of hydrogen-bond donors (Lipinski definition) is 1. The van der Waals surface area contributed by atoms with E-state index in [4.69, 9.17) is 0 Å². The minimum absolute atomic E-state index is 0.0212. The summed E-state index contributed by atoms with van der Waals surface area (Å²) in [5, 5.41) is 2.71. The molecule has 1 rings (SSSR count). The van der Waals surface area contributed by atoms with Gasteiger partial charge >= 0.3 is 0 Å². The molecule has 0 spiro atoms. The zero-order valence-electron chi connectivity index (χ0n) is 8.18. The molecule has 1 saturated carbocycles. The Labute approximate surface area is 79.4 Å². The molecule has 2 heteroatoms. The number of amides is 1. The van der Waals surface area contributed by atoms with Crippen LogP contribution in [0.3, 0.4) is 0 Å². The van der Waals surface area contributed by atoms with Crippen LogP contribution in [0.2, 0.25) is 0 Å². The average molecular weight is 177 g/mol. The number of carbonyl (C=O) groups excluding carboxylic acids is 1. The smallest absolute Gasteiger partial charge is 0.244 e. The third-order valence-electron chi connectivity index (χ3n) is 2.11. The summed E-state index contributed by atoms with van der Waals surface area (Å²) in [6.07, 6.45) is 4.17. The lowest BCUT2D eigenvalue weighted by Crippen LogP contribution is -2.21. The largest absolute Gasteiger partial charge is 0.342 e. The fraction of sp³-hybridized carbons (Fsp3) is 0.545. The Morgan fingerprint density at radius 3 is 2.85 bits per heavy atom. The molecule has 1 fully saturated rings. The van der Waals surface area contributed by atoms with Crippen LogP contribution in [0.1, 0.15) is 26.7 Å². The molecular weight excluding hydrogens is 162 g/mol. The van der Waals surface area contributed by atoms with Crippen molar-refractivity contribution in [2.24, 2.45) is 5.92 Å². The van der Waals surface area contributed by atoms with E-state index in [9.17, 15) is 4.79 Å². The van der Waals surface area contributed by atoms with Crippen molar-refractivity contribution >= 4 is 5.91 Å². The van der Waals surface area contributed by atoms with Gasteiger partial charge in [-0.05, 0) is 32.6 Å². The second-order valence-corrected chi connectivity index (χ2v) is 3.31. The van der Waals surface area contributed by atoms with Crippen molar-refractivity contribution in [1.82, 2.24) is 5.32 Å². The molecular formula is C11H15NO. The number of nitrogens with one attached hydrogen (secondary N) is 1. The van der Waals surface area contributed by atoms with Crippen molar-refractivity contribution in [2.75, 3.05) is 6.54 Å². The van der Waals surface area contributed by atoms with Crippen molar-refractivity contribution in [3.05, 3.63) is 11.6 Å². The van der Waals surface area contributed by atoms with Gasteiger partial charge in [-0.15, -0.1) is 5.92 Å². The van der Waals surface area contributed by atoms with Gasteiger partial charge in [-0.3, -0.25) is 4.79 Å². The predicted molar refractivity (Wildman–Crippen MR) is 52.9 cm³/mol. The summed E-state index contributed by atoms with van der Waals surface area (Å²) in [6.45, 7) is 4.23. The Bertz CT molecular complexity index is 276. The third kappa shape index (κ3) is 3.80. The Kier molecular flexibility index (Phi) is 3.57. The van der Waals surface area contributed by atoms with E-state index >= 15 is 0 Å². The molecule has 1 amide bonds. The molecule has 0 radical (unpaired) electrons. The van der Waals surface area contributed by atoms with Crippen LogP contribution < -0.4 is 5.32 Å². The van der Waals surface area contributed by atoms with Gasteiger partial charge < -0.3 is 5.32 Å². The van der Waals surface area contributed by atoms with E-state index in [2.05, 4.69) is 17.2 Å². The van der Waals surface area contributed by atoms with Gasteiger partial charge in [0.2, 0.25) is 5.91 Å². The quantitative estimate of drug-likeness (QED) is 0.513. The van der Waals surface area contributed by atoms with Crippen molar-refractivity contribution in [3.63, 3.8) is 0 Å². The lowest BCUT2D eigenvalue weighted by atomic mass is 10.2. The third-order valence-corrected chi connectivity index (χ3v) is 2.11. The Hall–Kier alpha value is -1.23. The van der Waals surface area contributed by atoms with E-state index in [-0.39, 0.29) is 5.91 Å². The molecule has 0 aromatic carbocycles. The zero-order valence-corrected chi connectivity index (χ0v) is 8.18. The van der Waals surface area contributed by atoms with E-state index < -0.39 is 0 Å². The first kappa shape index (κ1) is 9.85. The molecule has 0 aromatic heterocycles. The van der Waals surface area contributed by atoms with Gasteiger partial charge in [0.15, 0.2) is 0 Å². The van der Waals surface area contributed by atoms with Crippen LogP contribution in [0.5, 0.6) is 0 Å². The molecule has 0 atom stereocenters. The minimum Gasteiger partial charge on any atom is -0.342 e. The maximum atomic E-state index is 11.2. The molecule has 0 heterocycles. The van der Waals surface area contributed by atoms with Crippen LogP contribution in [0, 0.1) is 17.8 Å². The second kappa shape index (κ2) is 4.71. The SMILES string of the molecule is CC#CCNC(=O)/C=C(/C)C1CC1. The molecule has 0 saturated heterocycles. The zero-order chi connectivity index (χ0) is 9.68. The number of carbonyl (C=O) groups is 1. The molecule has 0 bridgehead atoms. The normalized spacial score (nSPS) is 16.0. The lowest BCUT2D eigenvalue weighted by Gasteiger charge is -1.97. The Morgan fingerprint density at radius 2 is 2.31 bits per heavy atom. The van der Waals surface area contributed by atoms with Gasteiger partial charge in [0, 0.05) is 6.08 Å². The van der Waals surface area contributed by atoms with Crippen LogP contribution in [0.15, 0.2) is 11.6 Å². The van der Waals surface area contributed by atoms with Gasteiger partial charge in [0.25, 0.3) is 0 Å².